The molecule has 0 fully saturated rings. The summed E-state index contributed by atoms with van der Waals surface area (Å²) in [6.45, 7) is 2.85. The minimum atomic E-state index is -4.33. The van der Waals surface area contributed by atoms with E-state index in [0.717, 1.165) is 73.5 Å². The van der Waals surface area contributed by atoms with Gasteiger partial charge in [0.1, 0.15) is 5.82 Å². The van der Waals surface area contributed by atoms with Crippen LogP contribution in [0.15, 0.2) is 29.2 Å². The summed E-state index contributed by atoms with van der Waals surface area (Å²) in [5.74, 6) is -0.811. The number of aliphatic hydroxyl groups is 1. The zero-order valence-electron chi connectivity index (χ0n) is 17.0. The third-order valence-corrected chi connectivity index (χ3v) is 7.14. The topological polar surface area (TPSA) is 95.5 Å². The highest BCUT2D eigenvalue weighted by atomic mass is 32.2. The van der Waals surface area contributed by atoms with Gasteiger partial charge in [0.15, 0.2) is 0 Å². The van der Waals surface area contributed by atoms with E-state index in [4.69, 9.17) is 0 Å². The van der Waals surface area contributed by atoms with Gasteiger partial charge in [0, 0.05) is 5.69 Å². The molecule has 160 valence electrons. The van der Waals surface area contributed by atoms with E-state index in [0.29, 0.717) is 0 Å². The summed E-state index contributed by atoms with van der Waals surface area (Å²) >= 11 is 0. The van der Waals surface area contributed by atoms with Crippen molar-refractivity contribution in [3.05, 3.63) is 57.9 Å². The monoisotopic (exact) mass is 432 g/mol. The molecule has 0 atom stereocenters. The van der Waals surface area contributed by atoms with Crippen molar-refractivity contribution >= 4 is 21.7 Å². The van der Waals surface area contributed by atoms with E-state index < -0.39 is 32.4 Å². The molecule has 0 spiro atoms. The number of urea groups is 1. The molecular formula is C22H25FN2O4S. The zero-order valence-corrected chi connectivity index (χ0v) is 17.8. The van der Waals surface area contributed by atoms with Crippen LogP contribution in [0.3, 0.4) is 0 Å². The number of fused-ring (bicyclic) bond motifs is 2. The molecule has 0 radical (unpaired) electrons. The number of hydrogen-bond acceptors (Lipinski definition) is 4. The highest BCUT2D eigenvalue weighted by Gasteiger charge is 2.27. The van der Waals surface area contributed by atoms with E-state index in [1.807, 2.05) is 4.72 Å². The Labute approximate surface area is 175 Å². The van der Waals surface area contributed by atoms with Gasteiger partial charge in [-0.15, -0.1) is 0 Å². The number of nitrogens with one attached hydrogen (secondary N) is 2. The lowest BCUT2D eigenvalue weighted by Gasteiger charge is -2.19. The summed E-state index contributed by atoms with van der Waals surface area (Å²) in [6.07, 6.45) is 5.64. The first-order valence-electron chi connectivity index (χ1n) is 10.1. The Morgan fingerprint density at radius 3 is 2.17 bits per heavy atom. The van der Waals surface area contributed by atoms with Crippen LogP contribution in [0.4, 0.5) is 14.9 Å². The van der Waals surface area contributed by atoms with Gasteiger partial charge in [0.05, 0.1) is 10.5 Å². The Bertz CT molecular complexity index is 1100. The fraction of sp³-hybridized carbons (Fsp3) is 0.409. The minimum Gasteiger partial charge on any atom is -0.386 e. The third-order valence-electron chi connectivity index (χ3n) is 5.83. The number of rotatable bonds is 4. The number of sulfonamides is 1. The van der Waals surface area contributed by atoms with E-state index in [-0.39, 0.29) is 5.56 Å². The molecule has 0 bridgehead atoms. The SMILES string of the molecule is CC(C)(O)c1cc(F)cc(S(=O)(=O)NC(=O)Nc2c3c(cc4c2CCC4)CCC3)c1. The van der Waals surface area contributed by atoms with E-state index in [1.165, 1.54) is 25.0 Å². The van der Waals surface area contributed by atoms with Crippen molar-refractivity contribution in [1.82, 2.24) is 4.72 Å². The molecule has 2 aromatic rings. The highest BCUT2D eigenvalue weighted by Crippen LogP contribution is 2.38. The second kappa shape index (κ2) is 7.35. The van der Waals surface area contributed by atoms with Crippen LogP contribution in [-0.2, 0) is 41.3 Å². The van der Waals surface area contributed by atoms with Crippen molar-refractivity contribution in [1.29, 1.82) is 0 Å². The maximum Gasteiger partial charge on any atom is 0.333 e. The van der Waals surface area contributed by atoms with Gasteiger partial charge in [-0.1, -0.05) is 6.07 Å². The molecule has 3 N–H and O–H groups in total. The van der Waals surface area contributed by atoms with Crippen LogP contribution in [-0.4, -0.2) is 19.6 Å². The van der Waals surface area contributed by atoms with Crippen LogP contribution >= 0.6 is 0 Å². The van der Waals surface area contributed by atoms with E-state index in [2.05, 4.69) is 11.4 Å². The number of carbonyl (C=O) groups is 1. The molecule has 2 aliphatic rings. The maximum absolute atomic E-state index is 14.0. The molecule has 0 saturated heterocycles. The Kier molecular flexibility index (Phi) is 5.10. The first-order chi connectivity index (χ1) is 14.0. The first kappa shape index (κ1) is 20.8. The van der Waals surface area contributed by atoms with E-state index in [9.17, 15) is 22.7 Å². The fourth-order valence-electron chi connectivity index (χ4n) is 4.36. The quantitative estimate of drug-likeness (QED) is 0.689. The lowest BCUT2D eigenvalue weighted by Crippen LogP contribution is -2.35. The number of halogens is 1. The summed E-state index contributed by atoms with van der Waals surface area (Å²) in [5, 5.41) is 12.9. The van der Waals surface area contributed by atoms with Gasteiger partial charge in [-0.25, -0.2) is 22.3 Å². The number of benzene rings is 2. The van der Waals surface area contributed by atoms with Crippen molar-refractivity contribution in [3.63, 3.8) is 0 Å². The molecule has 2 aliphatic carbocycles. The fourth-order valence-corrected chi connectivity index (χ4v) is 5.32. The Morgan fingerprint density at radius 1 is 1.00 bits per heavy atom. The minimum absolute atomic E-state index is 0.0991. The number of aryl methyl sites for hydroxylation is 2. The molecule has 4 rings (SSSR count). The predicted molar refractivity (Wildman–Crippen MR) is 111 cm³/mol. The number of carbonyl (C=O) groups excluding carboxylic acids is 1. The largest absolute Gasteiger partial charge is 0.386 e. The van der Waals surface area contributed by atoms with Gasteiger partial charge in [-0.2, -0.15) is 0 Å². The molecule has 6 nitrogen and oxygen atoms in total. The summed E-state index contributed by atoms with van der Waals surface area (Å²) in [5.41, 5.74) is 3.99. The third kappa shape index (κ3) is 3.94. The van der Waals surface area contributed by atoms with Crippen LogP contribution in [0.25, 0.3) is 0 Å². The van der Waals surface area contributed by atoms with Crippen molar-refractivity contribution in [3.8, 4) is 0 Å². The maximum atomic E-state index is 14.0. The van der Waals surface area contributed by atoms with Crippen LogP contribution in [0.1, 0.15) is 54.5 Å². The number of anilines is 1. The van der Waals surface area contributed by atoms with Crippen molar-refractivity contribution in [2.24, 2.45) is 0 Å². The van der Waals surface area contributed by atoms with E-state index in [1.54, 1.807) is 0 Å². The van der Waals surface area contributed by atoms with Crippen LogP contribution < -0.4 is 10.0 Å². The van der Waals surface area contributed by atoms with Gasteiger partial charge in [-0.3, -0.25) is 0 Å². The van der Waals surface area contributed by atoms with Crippen LogP contribution in [0.2, 0.25) is 0 Å². The highest BCUT2D eigenvalue weighted by molar-refractivity contribution is 7.90. The summed E-state index contributed by atoms with van der Waals surface area (Å²) in [6, 6.07) is 4.39. The average Bonchev–Trinajstić information content (AvgIpc) is 3.28. The first-order valence-corrected chi connectivity index (χ1v) is 11.6. The smallest absolute Gasteiger partial charge is 0.333 e. The molecular weight excluding hydrogens is 407 g/mol. The molecule has 0 heterocycles. The van der Waals surface area contributed by atoms with Crippen molar-refractivity contribution in [2.45, 2.75) is 62.9 Å². The van der Waals surface area contributed by atoms with Crippen LogP contribution in [0.5, 0.6) is 0 Å². The second-order valence-corrected chi connectivity index (χ2v) is 10.2. The second-order valence-electron chi connectivity index (χ2n) is 8.53. The van der Waals surface area contributed by atoms with Crippen LogP contribution in [0, 0.1) is 5.82 Å². The lowest BCUT2D eigenvalue weighted by molar-refractivity contribution is 0.0780. The van der Waals surface area contributed by atoms with Gasteiger partial charge in [0.25, 0.3) is 10.0 Å². The van der Waals surface area contributed by atoms with Gasteiger partial charge in [0.2, 0.25) is 0 Å². The Balaban J connectivity index is 1.61. The molecule has 0 aromatic heterocycles. The summed E-state index contributed by atoms with van der Waals surface area (Å²) in [4.78, 5) is 12.2. The number of amides is 2. The van der Waals surface area contributed by atoms with Crippen molar-refractivity contribution < 1.29 is 22.7 Å². The molecule has 30 heavy (non-hydrogen) atoms. The van der Waals surface area contributed by atoms with Crippen molar-refractivity contribution in [2.75, 3.05) is 5.32 Å². The zero-order chi connectivity index (χ0) is 21.7. The van der Waals surface area contributed by atoms with Gasteiger partial charge in [-0.05, 0) is 98.4 Å². The van der Waals surface area contributed by atoms with E-state index >= 15 is 0 Å². The average molecular weight is 433 g/mol. The molecule has 2 amide bonds. The number of hydrogen-bond donors (Lipinski definition) is 3. The molecule has 0 aliphatic heterocycles. The lowest BCUT2D eigenvalue weighted by atomic mass is 9.99. The molecule has 0 unspecified atom stereocenters. The molecule has 8 heteroatoms. The normalized spacial score (nSPS) is 15.6. The molecule has 0 saturated carbocycles. The summed E-state index contributed by atoms with van der Waals surface area (Å²) < 4.78 is 41.4. The van der Waals surface area contributed by atoms with Gasteiger partial charge < -0.3 is 10.4 Å². The predicted octanol–water partition coefficient (Wildman–Crippen LogP) is 3.54. The summed E-state index contributed by atoms with van der Waals surface area (Å²) in [7, 11) is -4.33. The Hall–Kier alpha value is -2.45. The van der Waals surface area contributed by atoms with Gasteiger partial charge >= 0.3 is 6.03 Å². The standard InChI is InChI=1S/C22H25FN2O4S/c1-22(2,27)15-10-16(23)12-17(11-15)30(28,29)25-21(26)24-20-18-7-3-5-13(18)9-14-6-4-8-19(14)20/h9-12,27H,3-8H2,1-2H3,(H2,24,25,26). The molecule has 2 aromatic carbocycles. The Morgan fingerprint density at radius 2 is 1.60 bits per heavy atom.